The van der Waals surface area contributed by atoms with Crippen LogP contribution in [0.4, 0.5) is 0 Å². The van der Waals surface area contributed by atoms with Crippen molar-refractivity contribution >= 4 is 22.6 Å². The minimum absolute atomic E-state index is 0.176. The largest absolute Gasteiger partial charge is 0.508 e. The zero-order valence-corrected chi connectivity index (χ0v) is 10.7. The first kappa shape index (κ1) is 11.9. The first-order valence-electron chi connectivity index (χ1n) is 5.79. The fraction of sp³-hybridized carbons (Fsp3) is 0.0714. The number of aromatic amines is 1. The molecule has 0 bridgehead atoms. The van der Waals surface area contributed by atoms with Gasteiger partial charge in [0.2, 0.25) is 0 Å². The van der Waals surface area contributed by atoms with Crippen molar-refractivity contribution in [2.24, 2.45) is 0 Å². The smallest absolute Gasteiger partial charge is 0.326 e. The van der Waals surface area contributed by atoms with Crippen LogP contribution < -0.4 is 5.69 Å². The monoisotopic (exact) mass is 274 g/mol. The maximum absolute atomic E-state index is 11.9. The van der Waals surface area contributed by atoms with Crippen LogP contribution in [0.1, 0.15) is 5.56 Å². The van der Waals surface area contributed by atoms with Gasteiger partial charge >= 0.3 is 5.69 Å². The third-order valence-electron chi connectivity index (χ3n) is 3.01. The normalized spacial score (nSPS) is 11.0. The van der Waals surface area contributed by atoms with E-state index < -0.39 is 0 Å². The topological polar surface area (TPSA) is 58.0 Å². The molecule has 0 fully saturated rings. The third-order valence-corrected chi connectivity index (χ3v) is 3.25. The molecule has 0 amide bonds. The van der Waals surface area contributed by atoms with Crippen LogP contribution in [0.5, 0.6) is 5.75 Å². The van der Waals surface area contributed by atoms with Gasteiger partial charge in [-0.15, -0.1) is 0 Å². The van der Waals surface area contributed by atoms with Gasteiger partial charge < -0.3 is 10.1 Å². The molecule has 2 aromatic carbocycles. The lowest BCUT2D eigenvalue weighted by Crippen LogP contribution is -2.17. The summed E-state index contributed by atoms with van der Waals surface area (Å²) in [5.41, 5.74) is 2.28. The van der Waals surface area contributed by atoms with E-state index in [0.717, 1.165) is 16.6 Å². The Morgan fingerprint density at radius 3 is 2.63 bits per heavy atom. The van der Waals surface area contributed by atoms with Crippen LogP contribution in [-0.2, 0) is 6.54 Å². The molecule has 0 unspecified atom stereocenters. The van der Waals surface area contributed by atoms with Crippen molar-refractivity contribution in [2.45, 2.75) is 6.54 Å². The molecule has 0 saturated carbocycles. The summed E-state index contributed by atoms with van der Waals surface area (Å²) in [5, 5.41) is 9.84. The number of H-pyrrole nitrogens is 1. The van der Waals surface area contributed by atoms with Crippen LogP contribution in [0.15, 0.2) is 47.3 Å². The summed E-state index contributed by atoms with van der Waals surface area (Å²) < 4.78 is 1.62. The summed E-state index contributed by atoms with van der Waals surface area (Å²) in [6, 6.07) is 12.0. The summed E-state index contributed by atoms with van der Waals surface area (Å²) >= 11 is 5.96. The lowest BCUT2D eigenvalue weighted by atomic mass is 10.2. The van der Waals surface area contributed by atoms with Gasteiger partial charge in [0.25, 0.3) is 0 Å². The number of benzene rings is 2. The van der Waals surface area contributed by atoms with E-state index in [9.17, 15) is 9.90 Å². The predicted octanol–water partition coefficient (Wildman–Crippen LogP) is 2.74. The number of hydrogen-bond acceptors (Lipinski definition) is 2. The summed E-state index contributed by atoms with van der Waals surface area (Å²) in [4.78, 5) is 14.7. The van der Waals surface area contributed by atoms with Gasteiger partial charge in [0, 0.05) is 5.02 Å². The Bertz CT molecular complexity index is 787. The highest BCUT2D eigenvalue weighted by atomic mass is 35.5. The molecule has 0 aliphatic heterocycles. The van der Waals surface area contributed by atoms with Gasteiger partial charge in [-0.2, -0.15) is 0 Å². The van der Waals surface area contributed by atoms with Crippen LogP contribution in [0.2, 0.25) is 5.02 Å². The first-order chi connectivity index (χ1) is 9.13. The number of halogens is 1. The SMILES string of the molecule is O=c1[nH]c2ccc(Cl)cc2n1Cc1ccc(O)cc1. The fourth-order valence-corrected chi connectivity index (χ4v) is 2.23. The Hall–Kier alpha value is -2.20. The molecule has 4 nitrogen and oxygen atoms in total. The van der Waals surface area contributed by atoms with E-state index >= 15 is 0 Å². The maximum Gasteiger partial charge on any atom is 0.326 e. The summed E-state index contributed by atoms with van der Waals surface area (Å²) in [7, 11) is 0. The summed E-state index contributed by atoms with van der Waals surface area (Å²) in [6.07, 6.45) is 0. The molecule has 0 atom stereocenters. The van der Waals surface area contributed by atoms with E-state index in [4.69, 9.17) is 11.6 Å². The van der Waals surface area contributed by atoms with Crippen molar-refractivity contribution in [3.63, 3.8) is 0 Å². The van der Waals surface area contributed by atoms with Gasteiger partial charge in [-0.1, -0.05) is 23.7 Å². The molecule has 1 heterocycles. The third kappa shape index (κ3) is 2.22. The summed E-state index contributed by atoms with van der Waals surface area (Å²) in [5.74, 6) is 0.207. The number of fused-ring (bicyclic) bond motifs is 1. The Balaban J connectivity index is 2.09. The van der Waals surface area contributed by atoms with E-state index in [1.807, 2.05) is 0 Å². The van der Waals surface area contributed by atoms with Gasteiger partial charge in [0.15, 0.2) is 0 Å². The number of aromatic hydroxyl groups is 1. The molecule has 0 aliphatic carbocycles. The molecule has 0 radical (unpaired) electrons. The maximum atomic E-state index is 11.9. The van der Waals surface area contributed by atoms with Crippen LogP contribution in [-0.4, -0.2) is 14.7 Å². The van der Waals surface area contributed by atoms with Crippen molar-refractivity contribution in [1.29, 1.82) is 0 Å². The molecule has 2 N–H and O–H groups in total. The van der Waals surface area contributed by atoms with Gasteiger partial charge in [-0.25, -0.2) is 4.79 Å². The van der Waals surface area contributed by atoms with Gasteiger partial charge in [0.05, 0.1) is 17.6 Å². The first-order valence-corrected chi connectivity index (χ1v) is 6.17. The van der Waals surface area contributed by atoms with Crippen molar-refractivity contribution in [3.05, 3.63) is 63.5 Å². The quantitative estimate of drug-likeness (QED) is 0.755. The zero-order chi connectivity index (χ0) is 13.4. The van der Waals surface area contributed by atoms with Crippen molar-refractivity contribution in [3.8, 4) is 5.75 Å². The number of phenolic OH excluding ortho intramolecular Hbond substituents is 1. The fourth-order valence-electron chi connectivity index (χ4n) is 2.07. The molecule has 19 heavy (non-hydrogen) atoms. The Kier molecular flexibility index (Phi) is 2.80. The molecule has 3 aromatic rings. The van der Waals surface area contributed by atoms with Crippen molar-refractivity contribution < 1.29 is 5.11 Å². The zero-order valence-electron chi connectivity index (χ0n) is 9.93. The van der Waals surface area contributed by atoms with Crippen molar-refractivity contribution in [2.75, 3.05) is 0 Å². The highest BCUT2D eigenvalue weighted by Gasteiger charge is 2.07. The second kappa shape index (κ2) is 4.48. The lowest BCUT2D eigenvalue weighted by molar-refractivity contribution is 0.475. The summed E-state index contributed by atoms with van der Waals surface area (Å²) in [6.45, 7) is 0.430. The molecule has 0 aliphatic rings. The molecule has 3 rings (SSSR count). The number of nitrogens with one attached hydrogen (secondary N) is 1. The molecule has 5 heteroatoms. The highest BCUT2D eigenvalue weighted by Crippen LogP contribution is 2.18. The van der Waals surface area contributed by atoms with Gasteiger partial charge in [0.1, 0.15) is 5.75 Å². The number of phenols is 1. The standard InChI is InChI=1S/C14H11ClN2O2/c15-10-3-6-12-13(7-10)17(14(19)16-12)8-9-1-4-11(18)5-2-9/h1-7,18H,8H2,(H,16,19). The van der Waals surface area contributed by atoms with E-state index in [2.05, 4.69) is 4.98 Å². The van der Waals surface area contributed by atoms with Crippen LogP contribution in [0.25, 0.3) is 11.0 Å². The average Bonchev–Trinajstić information content (AvgIpc) is 2.69. The predicted molar refractivity (Wildman–Crippen MR) is 74.8 cm³/mol. The van der Waals surface area contributed by atoms with Gasteiger partial charge in [-0.05, 0) is 35.9 Å². The highest BCUT2D eigenvalue weighted by molar-refractivity contribution is 6.31. The van der Waals surface area contributed by atoms with Crippen LogP contribution >= 0.6 is 11.6 Å². The molecule has 96 valence electrons. The minimum Gasteiger partial charge on any atom is -0.508 e. The van der Waals surface area contributed by atoms with Crippen LogP contribution in [0.3, 0.4) is 0 Å². The Morgan fingerprint density at radius 2 is 1.89 bits per heavy atom. The number of nitrogens with zero attached hydrogens (tertiary/aromatic N) is 1. The molecule has 0 spiro atoms. The van der Waals surface area contributed by atoms with E-state index in [1.165, 1.54) is 0 Å². The van der Waals surface area contributed by atoms with E-state index in [0.29, 0.717) is 11.6 Å². The second-order valence-corrected chi connectivity index (χ2v) is 4.78. The number of hydrogen-bond donors (Lipinski definition) is 2. The molecule has 1 aromatic heterocycles. The molecule has 0 saturated heterocycles. The number of rotatable bonds is 2. The molecular formula is C14H11ClN2O2. The van der Waals surface area contributed by atoms with Gasteiger partial charge in [-0.3, -0.25) is 4.57 Å². The van der Waals surface area contributed by atoms with Crippen molar-refractivity contribution in [1.82, 2.24) is 9.55 Å². The molecular weight excluding hydrogens is 264 g/mol. The number of imidazole rings is 1. The Labute approximate surface area is 113 Å². The number of aromatic nitrogens is 2. The van der Waals surface area contributed by atoms with Crippen LogP contribution in [0, 0.1) is 0 Å². The second-order valence-electron chi connectivity index (χ2n) is 4.34. The average molecular weight is 275 g/mol. The van der Waals surface area contributed by atoms with E-state index in [-0.39, 0.29) is 11.4 Å². The Morgan fingerprint density at radius 1 is 1.16 bits per heavy atom. The minimum atomic E-state index is -0.176. The lowest BCUT2D eigenvalue weighted by Gasteiger charge is -2.04. The van der Waals surface area contributed by atoms with E-state index in [1.54, 1.807) is 47.0 Å².